The third kappa shape index (κ3) is 3.03. The molecule has 1 rings (SSSR count). The molecule has 0 bridgehead atoms. The Morgan fingerprint density at radius 2 is 2.17 bits per heavy atom. The zero-order valence-corrected chi connectivity index (χ0v) is 8.49. The Balaban J connectivity index is 2.41. The summed E-state index contributed by atoms with van der Waals surface area (Å²) < 4.78 is 5.32. The maximum Gasteiger partial charge on any atom is 0.226 e. The fraction of sp³-hybridized carbons (Fsp3) is 0.714. The Morgan fingerprint density at radius 3 is 2.83 bits per heavy atom. The van der Waals surface area contributed by atoms with Crippen molar-refractivity contribution in [1.82, 2.24) is 10.2 Å². The van der Waals surface area contributed by atoms with E-state index in [0.29, 0.717) is 17.7 Å². The van der Waals surface area contributed by atoms with Crippen molar-refractivity contribution < 1.29 is 4.42 Å². The summed E-state index contributed by atoms with van der Waals surface area (Å²) >= 11 is 7.20. The van der Waals surface area contributed by atoms with Gasteiger partial charge in [0.2, 0.25) is 11.8 Å². The predicted octanol–water partition coefficient (Wildman–Crippen LogP) is 2.10. The SMILES string of the molecule is CSCc1nnc(CCCCl)o1. The standard InChI is InChI=1S/C7H11ClN2OS/c1-12-5-7-10-9-6(11-7)3-2-4-8/h2-5H2,1H3. The zero-order chi connectivity index (χ0) is 8.81. The quantitative estimate of drug-likeness (QED) is 0.692. The molecular weight excluding hydrogens is 196 g/mol. The minimum atomic E-state index is 0.639. The van der Waals surface area contributed by atoms with Gasteiger partial charge in [-0.2, -0.15) is 11.8 Å². The maximum atomic E-state index is 5.53. The van der Waals surface area contributed by atoms with Crippen molar-refractivity contribution in [3.8, 4) is 0 Å². The molecule has 0 spiro atoms. The number of aryl methyl sites for hydroxylation is 1. The molecule has 5 heteroatoms. The molecule has 0 saturated carbocycles. The molecular formula is C7H11ClN2OS. The van der Waals surface area contributed by atoms with E-state index in [4.69, 9.17) is 16.0 Å². The summed E-state index contributed by atoms with van der Waals surface area (Å²) in [4.78, 5) is 0. The highest BCUT2D eigenvalue weighted by molar-refractivity contribution is 7.97. The van der Waals surface area contributed by atoms with Gasteiger partial charge in [0.15, 0.2) is 0 Å². The largest absolute Gasteiger partial charge is 0.424 e. The minimum Gasteiger partial charge on any atom is -0.424 e. The first-order chi connectivity index (χ1) is 5.86. The van der Waals surface area contributed by atoms with Gasteiger partial charge < -0.3 is 4.42 Å². The topological polar surface area (TPSA) is 38.9 Å². The van der Waals surface area contributed by atoms with E-state index < -0.39 is 0 Å². The summed E-state index contributed by atoms with van der Waals surface area (Å²) in [6, 6.07) is 0. The molecule has 0 radical (unpaired) electrons. The van der Waals surface area contributed by atoms with Gasteiger partial charge in [0.1, 0.15) is 0 Å². The lowest BCUT2D eigenvalue weighted by molar-refractivity contribution is 0.462. The lowest BCUT2D eigenvalue weighted by Crippen LogP contribution is -1.85. The molecule has 0 aliphatic rings. The van der Waals surface area contributed by atoms with Crippen molar-refractivity contribution in [3.05, 3.63) is 11.8 Å². The van der Waals surface area contributed by atoms with Crippen LogP contribution in [-0.2, 0) is 12.2 Å². The van der Waals surface area contributed by atoms with Crippen LogP contribution in [0, 0.1) is 0 Å². The number of nitrogens with zero attached hydrogens (tertiary/aromatic N) is 2. The number of halogens is 1. The second-order valence-electron chi connectivity index (χ2n) is 2.32. The zero-order valence-electron chi connectivity index (χ0n) is 6.92. The Morgan fingerprint density at radius 1 is 1.42 bits per heavy atom. The molecule has 68 valence electrons. The number of rotatable bonds is 5. The molecule has 0 aliphatic carbocycles. The van der Waals surface area contributed by atoms with Crippen molar-refractivity contribution in [1.29, 1.82) is 0 Å². The van der Waals surface area contributed by atoms with Crippen LogP contribution in [0.5, 0.6) is 0 Å². The monoisotopic (exact) mass is 206 g/mol. The van der Waals surface area contributed by atoms with Crippen molar-refractivity contribution in [3.63, 3.8) is 0 Å². The number of hydrogen-bond acceptors (Lipinski definition) is 4. The summed E-state index contributed by atoms with van der Waals surface area (Å²) in [7, 11) is 0. The fourth-order valence-electron chi connectivity index (χ4n) is 0.789. The van der Waals surface area contributed by atoms with Gasteiger partial charge in [-0.05, 0) is 12.7 Å². The summed E-state index contributed by atoms with van der Waals surface area (Å²) in [5.41, 5.74) is 0. The van der Waals surface area contributed by atoms with E-state index in [2.05, 4.69) is 10.2 Å². The molecule has 12 heavy (non-hydrogen) atoms. The molecule has 1 aromatic heterocycles. The summed E-state index contributed by atoms with van der Waals surface area (Å²) in [6.45, 7) is 0. The van der Waals surface area contributed by atoms with Gasteiger partial charge in [0.25, 0.3) is 0 Å². The smallest absolute Gasteiger partial charge is 0.226 e. The van der Waals surface area contributed by atoms with E-state index in [0.717, 1.165) is 18.6 Å². The van der Waals surface area contributed by atoms with Gasteiger partial charge >= 0.3 is 0 Å². The molecule has 0 aromatic carbocycles. The fourth-order valence-corrected chi connectivity index (χ4v) is 1.29. The Kier molecular flexibility index (Phi) is 4.46. The van der Waals surface area contributed by atoms with Crippen molar-refractivity contribution >= 4 is 23.4 Å². The van der Waals surface area contributed by atoms with Crippen LogP contribution in [0.3, 0.4) is 0 Å². The lowest BCUT2D eigenvalue weighted by Gasteiger charge is -1.89. The van der Waals surface area contributed by atoms with Gasteiger partial charge in [0.05, 0.1) is 5.75 Å². The van der Waals surface area contributed by atoms with Crippen LogP contribution in [0.15, 0.2) is 4.42 Å². The minimum absolute atomic E-state index is 0.639. The van der Waals surface area contributed by atoms with Crippen LogP contribution in [-0.4, -0.2) is 22.3 Å². The normalized spacial score (nSPS) is 10.5. The molecule has 1 heterocycles. The molecule has 3 nitrogen and oxygen atoms in total. The van der Waals surface area contributed by atoms with Gasteiger partial charge in [-0.1, -0.05) is 0 Å². The van der Waals surface area contributed by atoms with E-state index in [9.17, 15) is 0 Å². The number of thioether (sulfide) groups is 1. The number of alkyl halides is 1. The second kappa shape index (κ2) is 5.43. The van der Waals surface area contributed by atoms with Crippen LogP contribution in [0.2, 0.25) is 0 Å². The maximum absolute atomic E-state index is 5.53. The third-order valence-corrected chi connectivity index (χ3v) is 2.10. The first kappa shape index (κ1) is 9.86. The summed E-state index contributed by atoms with van der Waals surface area (Å²) in [6.07, 6.45) is 3.68. The van der Waals surface area contributed by atoms with Gasteiger partial charge in [-0.25, -0.2) is 0 Å². The highest BCUT2D eigenvalue weighted by Crippen LogP contribution is 2.08. The average Bonchev–Trinajstić information content (AvgIpc) is 2.50. The Bertz CT molecular complexity index is 229. The van der Waals surface area contributed by atoms with Crippen LogP contribution in [0.25, 0.3) is 0 Å². The van der Waals surface area contributed by atoms with Crippen LogP contribution < -0.4 is 0 Å². The molecule has 0 saturated heterocycles. The predicted molar refractivity (Wildman–Crippen MR) is 50.6 cm³/mol. The third-order valence-electron chi connectivity index (χ3n) is 1.30. The van der Waals surface area contributed by atoms with Gasteiger partial charge in [-0.15, -0.1) is 21.8 Å². The van der Waals surface area contributed by atoms with Crippen LogP contribution >= 0.6 is 23.4 Å². The van der Waals surface area contributed by atoms with Crippen LogP contribution in [0.1, 0.15) is 18.2 Å². The van der Waals surface area contributed by atoms with Crippen molar-refractivity contribution in [2.75, 3.05) is 12.1 Å². The summed E-state index contributed by atoms with van der Waals surface area (Å²) in [5, 5.41) is 7.76. The number of aromatic nitrogens is 2. The highest BCUT2D eigenvalue weighted by Gasteiger charge is 2.03. The second-order valence-corrected chi connectivity index (χ2v) is 3.56. The van der Waals surface area contributed by atoms with Crippen LogP contribution in [0.4, 0.5) is 0 Å². The molecule has 0 N–H and O–H groups in total. The van der Waals surface area contributed by atoms with Gasteiger partial charge in [-0.3, -0.25) is 0 Å². The molecule has 0 unspecified atom stereocenters. The van der Waals surface area contributed by atoms with E-state index in [-0.39, 0.29) is 0 Å². The first-order valence-electron chi connectivity index (χ1n) is 3.73. The van der Waals surface area contributed by atoms with Crippen molar-refractivity contribution in [2.45, 2.75) is 18.6 Å². The highest BCUT2D eigenvalue weighted by atomic mass is 35.5. The van der Waals surface area contributed by atoms with Crippen molar-refractivity contribution in [2.24, 2.45) is 0 Å². The Hall–Kier alpha value is -0.220. The molecule has 1 aromatic rings. The molecule has 0 amide bonds. The number of hydrogen-bond donors (Lipinski definition) is 0. The molecule has 0 aliphatic heterocycles. The molecule has 0 atom stereocenters. The van der Waals surface area contributed by atoms with E-state index in [1.54, 1.807) is 11.8 Å². The Labute approximate surface area is 80.9 Å². The van der Waals surface area contributed by atoms with E-state index in [1.165, 1.54) is 0 Å². The van der Waals surface area contributed by atoms with Gasteiger partial charge in [0, 0.05) is 12.3 Å². The van der Waals surface area contributed by atoms with E-state index in [1.807, 2.05) is 6.26 Å². The molecule has 0 fully saturated rings. The first-order valence-corrected chi connectivity index (χ1v) is 5.66. The lowest BCUT2D eigenvalue weighted by atomic mass is 10.3. The summed E-state index contributed by atoms with van der Waals surface area (Å²) in [5.74, 6) is 2.82. The van der Waals surface area contributed by atoms with E-state index >= 15 is 0 Å². The average molecular weight is 207 g/mol.